The Hall–Kier alpha value is 0.390. The van der Waals surface area contributed by atoms with Crippen molar-refractivity contribution in [3.8, 4) is 0 Å². The Morgan fingerprint density at radius 1 is 1.22 bits per heavy atom. The van der Waals surface area contributed by atoms with E-state index in [0.29, 0.717) is 7.92 Å². The van der Waals surface area contributed by atoms with E-state index in [4.69, 9.17) is 0 Å². The van der Waals surface area contributed by atoms with Gasteiger partial charge in [-0.15, -0.1) is 7.92 Å². The third-order valence-electron chi connectivity index (χ3n) is 2.04. The number of nitrogens with one attached hydrogen (secondary N) is 1. The lowest BCUT2D eigenvalue weighted by Crippen LogP contribution is -2.29. The van der Waals surface area contributed by atoms with E-state index in [1.165, 1.54) is 25.9 Å². The molecule has 0 aromatic heterocycles. The van der Waals surface area contributed by atoms with E-state index >= 15 is 0 Å². The summed E-state index contributed by atoms with van der Waals surface area (Å²) < 4.78 is 0. The molecular formula is C7H16NP. The lowest BCUT2D eigenvalue weighted by molar-refractivity contribution is 0.527. The van der Waals surface area contributed by atoms with Crippen LogP contribution in [-0.4, -0.2) is 32.1 Å². The standard InChI is InChI=1S/C7H16NP/c1-9(2)7-3-5-8-6-4-7/h7-8H,3-6H2,1-2H3. The number of hydrogen-bond acceptors (Lipinski definition) is 1. The van der Waals surface area contributed by atoms with E-state index in [1.807, 2.05) is 0 Å². The molecule has 1 nitrogen and oxygen atoms in total. The van der Waals surface area contributed by atoms with Gasteiger partial charge in [0.05, 0.1) is 0 Å². The SMILES string of the molecule is CP(C)C1CCNCC1. The van der Waals surface area contributed by atoms with E-state index < -0.39 is 0 Å². The highest BCUT2D eigenvalue weighted by Gasteiger charge is 2.14. The molecule has 1 N–H and O–H groups in total. The van der Waals surface area contributed by atoms with E-state index in [2.05, 4.69) is 18.6 Å². The highest BCUT2D eigenvalue weighted by molar-refractivity contribution is 7.56. The van der Waals surface area contributed by atoms with E-state index in [1.54, 1.807) is 0 Å². The van der Waals surface area contributed by atoms with Gasteiger partial charge in [-0.25, -0.2) is 0 Å². The van der Waals surface area contributed by atoms with E-state index in [9.17, 15) is 0 Å². The zero-order chi connectivity index (χ0) is 6.69. The van der Waals surface area contributed by atoms with Crippen molar-refractivity contribution in [2.75, 3.05) is 26.4 Å². The van der Waals surface area contributed by atoms with Gasteiger partial charge in [-0.3, -0.25) is 0 Å². The lowest BCUT2D eigenvalue weighted by Gasteiger charge is -2.25. The summed E-state index contributed by atoms with van der Waals surface area (Å²) in [6.45, 7) is 7.30. The second-order valence-corrected chi connectivity index (χ2v) is 5.60. The summed E-state index contributed by atoms with van der Waals surface area (Å²) >= 11 is 0. The minimum atomic E-state index is 0.341. The number of hydrogen-bond donors (Lipinski definition) is 1. The zero-order valence-corrected chi connectivity index (χ0v) is 7.25. The maximum absolute atomic E-state index is 3.38. The van der Waals surface area contributed by atoms with Crippen LogP contribution in [0.2, 0.25) is 0 Å². The molecule has 54 valence electrons. The monoisotopic (exact) mass is 145 g/mol. The molecule has 0 aromatic rings. The van der Waals surface area contributed by atoms with Gasteiger partial charge in [0, 0.05) is 0 Å². The van der Waals surface area contributed by atoms with Crippen molar-refractivity contribution >= 4 is 7.92 Å². The third-order valence-corrected chi connectivity index (χ3v) is 4.02. The van der Waals surface area contributed by atoms with Crippen LogP contribution in [0, 0.1) is 0 Å². The van der Waals surface area contributed by atoms with Gasteiger partial charge in [0.2, 0.25) is 0 Å². The highest BCUT2D eigenvalue weighted by atomic mass is 31.1. The fourth-order valence-corrected chi connectivity index (χ4v) is 2.61. The molecular weight excluding hydrogens is 129 g/mol. The normalized spacial score (nSPS) is 23.0. The number of rotatable bonds is 1. The largest absolute Gasteiger partial charge is 0.317 e. The van der Waals surface area contributed by atoms with Gasteiger partial charge >= 0.3 is 0 Å². The minimum Gasteiger partial charge on any atom is -0.317 e. The molecule has 0 aromatic carbocycles. The molecule has 0 radical (unpaired) electrons. The van der Waals surface area contributed by atoms with Crippen LogP contribution in [0.5, 0.6) is 0 Å². The van der Waals surface area contributed by atoms with Gasteiger partial charge < -0.3 is 5.32 Å². The average Bonchev–Trinajstić information content (AvgIpc) is 1.90. The fourth-order valence-electron chi connectivity index (χ4n) is 1.32. The van der Waals surface area contributed by atoms with Crippen LogP contribution in [0.1, 0.15) is 12.8 Å². The maximum atomic E-state index is 3.38. The summed E-state index contributed by atoms with van der Waals surface area (Å²) in [7, 11) is 0.341. The van der Waals surface area contributed by atoms with Crippen molar-refractivity contribution in [1.82, 2.24) is 5.32 Å². The van der Waals surface area contributed by atoms with Crippen LogP contribution >= 0.6 is 7.92 Å². The van der Waals surface area contributed by atoms with Crippen LogP contribution in [0.25, 0.3) is 0 Å². The summed E-state index contributed by atoms with van der Waals surface area (Å²) in [6.07, 6.45) is 2.83. The summed E-state index contributed by atoms with van der Waals surface area (Å²) in [5, 5.41) is 3.38. The molecule has 0 atom stereocenters. The quantitative estimate of drug-likeness (QED) is 0.551. The van der Waals surface area contributed by atoms with Crippen LogP contribution in [0.15, 0.2) is 0 Å². The van der Waals surface area contributed by atoms with Gasteiger partial charge in [0.15, 0.2) is 0 Å². The maximum Gasteiger partial charge on any atom is -0.00429 e. The Balaban J connectivity index is 2.23. The average molecular weight is 145 g/mol. The van der Waals surface area contributed by atoms with Gasteiger partial charge in [-0.1, -0.05) is 0 Å². The molecule has 1 aliphatic heterocycles. The van der Waals surface area contributed by atoms with Gasteiger partial charge in [-0.2, -0.15) is 0 Å². The Kier molecular flexibility index (Phi) is 2.94. The molecule has 0 unspecified atom stereocenters. The van der Waals surface area contributed by atoms with Crippen molar-refractivity contribution in [2.24, 2.45) is 0 Å². The summed E-state index contributed by atoms with van der Waals surface area (Å²) in [6, 6.07) is 0. The molecule has 0 amide bonds. The Labute approximate surface area is 59.0 Å². The second-order valence-electron chi connectivity index (χ2n) is 2.94. The van der Waals surface area contributed by atoms with Crippen molar-refractivity contribution in [2.45, 2.75) is 18.5 Å². The van der Waals surface area contributed by atoms with Crippen molar-refractivity contribution in [3.05, 3.63) is 0 Å². The predicted octanol–water partition coefficient (Wildman–Crippen LogP) is 1.48. The van der Waals surface area contributed by atoms with Crippen LogP contribution < -0.4 is 5.32 Å². The molecule has 2 heteroatoms. The summed E-state index contributed by atoms with van der Waals surface area (Å²) in [5.41, 5.74) is 1.06. The summed E-state index contributed by atoms with van der Waals surface area (Å²) in [4.78, 5) is 0. The zero-order valence-electron chi connectivity index (χ0n) is 6.35. The minimum absolute atomic E-state index is 0.341. The molecule has 0 aliphatic carbocycles. The molecule has 1 saturated heterocycles. The van der Waals surface area contributed by atoms with Crippen LogP contribution in [0.3, 0.4) is 0 Å². The Morgan fingerprint density at radius 3 is 2.11 bits per heavy atom. The third kappa shape index (κ3) is 2.23. The van der Waals surface area contributed by atoms with Gasteiger partial charge in [-0.05, 0) is 44.9 Å². The van der Waals surface area contributed by atoms with E-state index in [0.717, 1.165) is 5.66 Å². The molecule has 1 heterocycles. The summed E-state index contributed by atoms with van der Waals surface area (Å²) in [5.74, 6) is 0. The molecule has 9 heavy (non-hydrogen) atoms. The van der Waals surface area contributed by atoms with Gasteiger partial charge in [0.25, 0.3) is 0 Å². The Morgan fingerprint density at radius 2 is 1.78 bits per heavy atom. The molecule has 0 bridgehead atoms. The van der Waals surface area contributed by atoms with Crippen LogP contribution in [0.4, 0.5) is 0 Å². The first-order chi connectivity index (χ1) is 4.30. The van der Waals surface area contributed by atoms with E-state index in [-0.39, 0.29) is 0 Å². The molecule has 1 aliphatic rings. The first-order valence-electron chi connectivity index (χ1n) is 3.68. The van der Waals surface area contributed by atoms with Gasteiger partial charge in [0.1, 0.15) is 0 Å². The van der Waals surface area contributed by atoms with Crippen molar-refractivity contribution in [1.29, 1.82) is 0 Å². The van der Waals surface area contributed by atoms with Crippen LogP contribution in [-0.2, 0) is 0 Å². The Bertz CT molecular complexity index is 77.0. The fraction of sp³-hybridized carbons (Fsp3) is 1.00. The first kappa shape index (κ1) is 7.50. The topological polar surface area (TPSA) is 12.0 Å². The number of piperidine rings is 1. The second kappa shape index (κ2) is 3.53. The smallest absolute Gasteiger partial charge is 0.00429 e. The van der Waals surface area contributed by atoms with Crippen molar-refractivity contribution < 1.29 is 0 Å². The molecule has 1 fully saturated rings. The molecule has 0 saturated carbocycles. The van der Waals surface area contributed by atoms with Crippen molar-refractivity contribution in [3.63, 3.8) is 0 Å². The lowest BCUT2D eigenvalue weighted by atomic mass is 10.2. The predicted molar refractivity (Wildman–Crippen MR) is 44.7 cm³/mol. The molecule has 1 rings (SSSR count). The highest BCUT2D eigenvalue weighted by Crippen LogP contribution is 2.37. The molecule has 0 spiro atoms. The first-order valence-corrected chi connectivity index (χ1v) is 5.98.